The Bertz CT molecular complexity index is 570. The Morgan fingerprint density at radius 1 is 1.17 bits per heavy atom. The van der Waals surface area contributed by atoms with E-state index in [-0.39, 0.29) is 24.2 Å². The molecule has 1 aromatic heterocycles. The van der Waals surface area contributed by atoms with Crippen LogP contribution < -0.4 is 10.9 Å². The van der Waals surface area contributed by atoms with Gasteiger partial charge in [-0.1, -0.05) is 6.92 Å². The Morgan fingerprint density at radius 2 is 1.92 bits per heavy atom. The summed E-state index contributed by atoms with van der Waals surface area (Å²) >= 11 is 0. The number of hydrazine groups is 1. The van der Waals surface area contributed by atoms with Crippen LogP contribution in [0.15, 0.2) is 24.5 Å². The summed E-state index contributed by atoms with van der Waals surface area (Å²) in [7, 11) is 0. The van der Waals surface area contributed by atoms with Gasteiger partial charge in [0.05, 0.1) is 5.56 Å². The summed E-state index contributed by atoms with van der Waals surface area (Å²) in [5.41, 5.74) is 5.09. The molecule has 0 aliphatic carbocycles. The number of nitrogens with one attached hydrogen (secondary N) is 2. The minimum atomic E-state index is -0.423. The Hall–Kier alpha value is -2.44. The maximum atomic E-state index is 12.2. The lowest BCUT2D eigenvalue weighted by Crippen LogP contribution is -2.42. The average molecular weight is 332 g/mol. The van der Waals surface area contributed by atoms with Gasteiger partial charge in [0.15, 0.2) is 0 Å². The summed E-state index contributed by atoms with van der Waals surface area (Å²) in [6, 6.07) is 3.25. The Morgan fingerprint density at radius 3 is 2.58 bits per heavy atom. The highest BCUT2D eigenvalue weighted by Gasteiger charge is 2.20. The van der Waals surface area contributed by atoms with E-state index in [0.29, 0.717) is 12.0 Å². The number of hydrogen-bond donors (Lipinski definition) is 2. The molecule has 1 atom stereocenters. The summed E-state index contributed by atoms with van der Waals surface area (Å²) < 4.78 is 0. The van der Waals surface area contributed by atoms with Crippen LogP contribution in [-0.4, -0.2) is 40.7 Å². The normalized spacial score (nSPS) is 15.5. The first kappa shape index (κ1) is 17.9. The van der Waals surface area contributed by atoms with Crippen molar-refractivity contribution in [2.45, 2.75) is 39.0 Å². The first-order valence-electron chi connectivity index (χ1n) is 8.33. The van der Waals surface area contributed by atoms with Gasteiger partial charge >= 0.3 is 0 Å². The number of piperidine rings is 1. The van der Waals surface area contributed by atoms with Gasteiger partial charge in [0.1, 0.15) is 0 Å². The van der Waals surface area contributed by atoms with Crippen LogP contribution in [0.4, 0.5) is 0 Å². The van der Waals surface area contributed by atoms with Crippen LogP contribution in [-0.2, 0) is 9.59 Å². The molecule has 1 unspecified atom stereocenters. The van der Waals surface area contributed by atoms with Gasteiger partial charge in [-0.2, -0.15) is 0 Å². The lowest BCUT2D eigenvalue weighted by molar-refractivity contribution is -0.133. The molecule has 0 bridgehead atoms. The number of hydrogen-bond acceptors (Lipinski definition) is 4. The second kappa shape index (κ2) is 9.00. The molecule has 2 heterocycles. The minimum absolute atomic E-state index is 0.0743. The molecule has 1 saturated heterocycles. The lowest BCUT2D eigenvalue weighted by Gasteiger charge is -2.27. The monoisotopic (exact) mass is 332 g/mol. The first-order chi connectivity index (χ1) is 11.6. The number of nitrogens with zero attached hydrogens (tertiary/aromatic N) is 2. The third kappa shape index (κ3) is 5.64. The van der Waals surface area contributed by atoms with E-state index >= 15 is 0 Å². The maximum Gasteiger partial charge on any atom is 0.271 e. The second-order valence-electron chi connectivity index (χ2n) is 6.20. The van der Waals surface area contributed by atoms with E-state index in [9.17, 15) is 14.4 Å². The van der Waals surface area contributed by atoms with Gasteiger partial charge in [0.2, 0.25) is 11.8 Å². The second-order valence-corrected chi connectivity index (χ2v) is 6.20. The van der Waals surface area contributed by atoms with Crippen LogP contribution in [0.5, 0.6) is 0 Å². The van der Waals surface area contributed by atoms with Gasteiger partial charge in [-0.05, 0) is 37.3 Å². The van der Waals surface area contributed by atoms with Crippen molar-refractivity contribution in [1.82, 2.24) is 20.7 Å². The number of amides is 3. The number of rotatable bonds is 5. The van der Waals surface area contributed by atoms with Crippen molar-refractivity contribution < 1.29 is 14.4 Å². The van der Waals surface area contributed by atoms with Gasteiger partial charge in [0.25, 0.3) is 5.91 Å². The Balaban J connectivity index is 1.69. The smallest absolute Gasteiger partial charge is 0.271 e. The first-order valence-corrected chi connectivity index (χ1v) is 8.33. The molecule has 130 valence electrons. The zero-order chi connectivity index (χ0) is 17.4. The molecule has 0 spiro atoms. The summed E-state index contributed by atoms with van der Waals surface area (Å²) in [6.45, 7) is 3.50. The predicted octanol–water partition coefficient (Wildman–Crippen LogP) is 1.27. The highest BCUT2D eigenvalue weighted by atomic mass is 16.2. The van der Waals surface area contributed by atoms with Crippen LogP contribution in [0.1, 0.15) is 49.4 Å². The summed E-state index contributed by atoms with van der Waals surface area (Å²) in [6.07, 6.45) is 6.81. The molecule has 0 radical (unpaired) electrons. The fraction of sp³-hybridized carbons (Fsp3) is 0.529. The molecular weight excluding hydrogens is 308 g/mol. The van der Waals surface area contributed by atoms with Crippen molar-refractivity contribution in [3.63, 3.8) is 0 Å². The Kier molecular flexibility index (Phi) is 6.72. The molecule has 2 rings (SSSR count). The van der Waals surface area contributed by atoms with Crippen LogP contribution in [0.3, 0.4) is 0 Å². The largest absolute Gasteiger partial charge is 0.343 e. The molecule has 0 aromatic carbocycles. The number of aromatic nitrogens is 1. The number of carbonyl (C=O) groups is 3. The predicted molar refractivity (Wildman–Crippen MR) is 88.7 cm³/mol. The van der Waals surface area contributed by atoms with E-state index in [1.54, 1.807) is 18.3 Å². The van der Waals surface area contributed by atoms with Gasteiger partial charge in [0, 0.05) is 38.3 Å². The number of pyridine rings is 1. The van der Waals surface area contributed by atoms with Crippen molar-refractivity contribution in [3.8, 4) is 0 Å². The average Bonchev–Trinajstić information content (AvgIpc) is 2.61. The minimum Gasteiger partial charge on any atom is -0.343 e. The fourth-order valence-electron chi connectivity index (χ4n) is 2.71. The zero-order valence-electron chi connectivity index (χ0n) is 14.0. The van der Waals surface area contributed by atoms with E-state index in [1.165, 1.54) is 12.6 Å². The van der Waals surface area contributed by atoms with Crippen molar-refractivity contribution in [2.24, 2.45) is 5.92 Å². The molecule has 1 aliphatic rings. The summed E-state index contributed by atoms with van der Waals surface area (Å²) in [5, 5.41) is 0. The molecular formula is C17H24N4O3. The standard InChI is InChI=1S/C17H24N4O3/c1-13(11-16(23)21-8-3-2-4-9-21)10-15(22)19-20-17(24)14-6-5-7-18-12-14/h5-7,12-13H,2-4,8-11H2,1H3,(H,19,22)(H,20,24). The van der Waals surface area contributed by atoms with Crippen molar-refractivity contribution in [3.05, 3.63) is 30.1 Å². The molecule has 24 heavy (non-hydrogen) atoms. The lowest BCUT2D eigenvalue weighted by atomic mass is 10.0. The molecule has 1 fully saturated rings. The van der Waals surface area contributed by atoms with Crippen molar-refractivity contribution in [2.75, 3.05) is 13.1 Å². The van der Waals surface area contributed by atoms with Gasteiger partial charge in [-0.25, -0.2) is 0 Å². The highest BCUT2D eigenvalue weighted by molar-refractivity contribution is 5.95. The third-order valence-electron chi connectivity index (χ3n) is 4.00. The molecule has 3 amide bonds. The molecule has 1 aromatic rings. The SMILES string of the molecule is CC(CC(=O)NNC(=O)c1cccnc1)CC(=O)N1CCCCC1. The van der Waals surface area contributed by atoms with E-state index in [0.717, 1.165) is 25.9 Å². The number of likely N-dealkylation sites (tertiary alicyclic amines) is 1. The molecule has 0 saturated carbocycles. The van der Waals surface area contributed by atoms with Crippen LogP contribution in [0.2, 0.25) is 0 Å². The van der Waals surface area contributed by atoms with Gasteiger partial charge in [-0.15, -0.1) is 0 Å². The quantitative estimate of drug-likeness (QED) is 0.795. The molecule has 7 nitrogen and oxygen atoms in total. The maximum absolute atomic E-state index is 12.2. The van der Waals surface area contributed by atoms with Crippen LogP contribution >= 0.6 is 0 Å². The van der Waals surface area contributed by atoms with Crippen molar-refractivity contribution >= 4 is 17.7 Å². The van der Waals surface area contributed by atoms with Gasteiger partial charge < -0.3 is 4.90 Å². The molecule has 7 heteroatoms. The van der Waals surface area contributed by atoms with Crippen LogP contribution in [0.25, 0.3) is 0 Å². The summed E-state index contributed by atoms with van der Waals surface area (Å²) in [5.74, 6) is -0.705. The molecule has 1 aliphatic heterocycles. The fourth-order valence-corrected chi connectivity index (χ4v) is 2.71. The van der Waals surface area contributed by atoms with Gasteiger partial charge in [-0.3, -0.25) is 30.2 Å². The van der Waals surface area contributed by atoms with Crippen LogP contribution in [0, 0.1) is 5.92 Å². The molecule has 2 N–H and O–H groups in total. The van der Waals surface area contributed by atoms with E-state index in [4.69, 9.17) is 0 Å². The Labute approximate surface area is 141 Å². The summed E-state index contributed by atoms with van der Waals surface area (Å²) in [4.78, 5) is 41.6. The topological polar surface area (TPSA) is 91.4 Å². The zero-order valence-corrected chi connectivity index (χ0v) is 14.0. The van der Waals surface area contributed by atoms with Crippen molar-refractivity contribution in [1.29, 1.82) is 0 Å². The number of carbonyl (C=O) groups excluding carboxylic acids is 3. The highest BCUT2D eigenvalue weighted by Crippen LogP contribution is 2.14. The van der Waals surface area contributed by atoms with E-state index in [1.807, 2.05) is 11.8 Å². The van der Waals surface area contributed by atoms with E-state index < -0.39 is 5.91 Å². The third-order valence-corrected chi connectivity index (χ3v) is 4.00. The van der Waals surface area contributed by atoms with E-state index in [2.05, 4.69) is 15.8 Å².